The van der Waals surface area contributed by atoms with E-state index in [0.29, 0.717) is 13.1 Å². The zero-order chi connectivity index (χ0) is 17.7. The maximum atomic E-state index is 12.2. The number of nitro groups is 1. The summed E-state index contributed by atoms with van der Waals surface area (Å²) in [6.45, 7) is 4.80. The second-order valence-electron chi connectivity index (χ2n) is 5.45. The van der Waals surface area contributed by atoms with Gasteiger partial charge in [0.15, 0.2) is 11.9 Å². The van der Waals surface area contributed by atoms with Gasteiger partial charge in [-0.2, -0.15) is 0 Å². The number of hydrogen-bond donors (Lipinski definition) is 0. The number of nitro benzene ring substituents is 1. The fourth-order valence-electron chi connectivity index (χ4n) is 2.54. The van der Waals surface area contributed by atoms with E-state index in [1.54, 1.807) is 11.8 Å². The normalized spacial score (nSPS) is 15.0. The predicted molar refractivity (Wildman–Crippen MR) is 85.0 cm³/mol. The Bertz CT molecular complexity index is 639. The van der Waals surface area contributed by atoms with Crippen LogP contribution in [0.15, 0.2) is 18.2 Å². The Kier molecular flexibility index (Phi) is 5.73. The average Bonchev–Trinajstić information content (AvgIpc) is 3.08. The molecule has 2 rings (SSSR count). The minimum Gasteiger partial charge on any atom is -0.487 e. The smallest absolute Gasteiger partial charge is 0.339 e. The number of esters is 1. The van der Waals surface area contributed by atoms with Crippen LogP contribution < -0.4 is 4.74 Å². The molecule has 1 aliphatic rings. The van der Waals surface area contributed by atoms with E-state index in [4.69, 9.17) is 9.47 Å². The van der Waals surface area contributed by atoms with Gasteiger partial charge in [-0.15, -0.1) is 0 Å². The lowest BCUT2D eigenvalue weighted by Crippen LogP contribution is -2.38. The lowest BCUT2D eigenvalue weighted by Gasteiger charge is -2.20. The topological polar surface area (TPSA) is 99.0 Å². The average molecular weight is 336 g/mol. The van der Waals surface area contributed by atoms with Crippen LogP contribution in [0.1, 0.15) is 37.0 Å². The van der Waals surface area contributed by atoms with Gasteiger partial charge < -0.3 is 14.4 Å². The predicted octanol–water partition coefficient (Wildman–Crippen LogP) is 2.16. The number of rotatable bonds is 6. The molecule has 0 saturated carbocycles. The summed E-state index contributed by atoms with van der Waals surface area (Å²) in [6.07, 6.45) is 0.954. The third kappa shape index (κ3) is 4.01. The van der Waals surface area contributed by atoms with E-state index in [9.17, 15) is 19.7 Å². The van der Waals surface area contributed by atoms with Gasteiger partial charge in [-0.05, 0) is 38.8 Å². The fourth-order valence-corrected chi connectivity index (χ4v) is 2.54. The number of likely N-dealkylation sites (tertiary alicyclic amines) is 1. The molecule has 1 aromatic rings. The van der Waals surface area contributed by atoms with Crippen LogP contribution in [-0.4, -0.2) is 47.5 Å². The quantitative estimate of drug-likeness (QED) is 0.448. The molecule has 0 unspecified atom stereocenters. The van der Waals surface area contributed by atoms with Gasteiger partial charge in [0.25, 0.3) is 5.91 Å². The molecule has 8 nitrogen and oxygen atoms in total. The fraction of sp³-hybridized carbons (Fsp3) is 0.500. The molecule has 1 aliphatic heterocycles. The van der Waals surface area contributed by atoms with E-state index >= 15 is 0 Å². The summed E-state index contributed by atoms with van der Waals surface area (Å²) in [4.78, 5) is 36.4. The second kappa shape index (κ2) is 7.76. The molecule has 24 heavy (non-hydrogen) atoms. The molecule has 0 aromatic heterocycles. The number of ether oxygens (including phenoxy) is 2. The third-order valence-electron chi connectivity index (χ3n) is 3.74. The highest BCUT2D eigenvalue weighted by Gasteiger charge is 2.27. The number of benzene rings is 1. The maximum Gasteiger partial charge on any atom is 0.339 e. The van der Waals surface area contributed by atoms with Crippen LogP contribution in [0.25, 0.3) is 0 Å². The van der Waals surface area contributed by atoms with Gasteiger partial charge in [-0.1, -0.05) is 0 Å². The van der Waals surface area contributed by atoms with Crippen LogP contribution in [0, 0.1) is 10.1 Å². The van der Waals surface area contributed by atoms with Gasteiger partial charge >= 0.3 is 11.7 Å². The van der Waals surface area contributed by atoms with Crippen molar-refractivity contribution in [3.8, 4) is 5.75 Å². The van der Waals surface area contributed by atoms with Gasteiger partial charge in [-0.25, -0.2) is 4.79 Å². The molecule has 1 saturated heterocycles. The lowest BCUT2D eigenvalue weighted by molar-refractivity contribution is -0.385. The highest BCUT2D eigenvalue weighted by Crippen LogP contribution is 2.28. The van der Waals surface area contributed by atoms with Crippen molar-refractivity contribution in [3.63, 3.8) is 0 Å². The van der Waals surface area contributed by atoms with Crippen molar-refractivity contribution >= 4 is 17.6 Å². The van der Waals surface area contributed by atoms with Gasteiger partial charge in [-0.3, -0.25) is 14.9 Å². The van der Waals surface area contributed by atoms with Crippen LogP contribution in [0.3, 0.4) is 0 Å². The van der Waals surface area contributed by atoms with Crippen molar-refractivity contribution in [1.29, 1.82) is 0 Å². The first kappa shape index (κ1) is 17.7. The Morgan fingerprint density at radius 2 is 2.00 bits per heavy atom. The molecular weight excluding hydrogens is 316 g/mol. The summed E-state index contributed by atoms with van der Waals surface area (Å²) in [5.74, 6) is -0.942. The monoisotopic (exact) mass is 336 g/mol. The Hall–Kier alpha value is -2.64. The summed E-state index contributed by atoms with van der Waals surface area (Å²) in [5, 5.41) is 11.1. The summed E-state index contributed by atoms with van der Waals surface area (Å²) in [7, 11) is 0. The zero-order valence-electron chi connectivity index (χ0n) is 13.7. The van der Waals surface area contributed by atoms with Crippen LogP contribution in [0.5, 0.6) is 5.75 Å². The van der Waals surface area contributed by atoms with Crippen molar-refractivity contribution < 1.29 is 24.0 Å². The zero-order valence-corrected chi connectivity index (χ0v) is 13.7. The van der Waals surface area contributed by atoms with Crippen LogP contribution >= 0.6 is 0 Å². The van der Waals surface area contributed by atoms with E-state index in [2.05, 4.69) is 0 Å². The van der Waals surface area contributed by atoms with Crippen LogP contribution in [-0.2, 0) is 9.53 Å². The molecule has 0 radical (unpaired) electrons. The third-order valence-corrected chi connectivity index (χ3v) is 3.74. The molecule has 8 heteroatoms. The number of carbonyl (C=O) groups is 2. The number of amides is 1. The van der Waals surface area contributed by atoms with Gasteiger partial charge in [0.1, 0.15) is 0 Å². The van der Waals surface area contributed by atoms with Gasteiger partial charge in [0.2, 0.25) is 0 Å². The van der Waals surface area contributed by atoms with Gasteiger partial charge in [0, 0.05) is 19.2 Å². The molecule has 1 heterocycles. The minimum atomic E-state index is -0.929. The van der Waals surface area contributed by atoms with Crippen molar-refractivity contribution in [2.24, 2.45) is 0 Å². The summed E-state index contributed by atoms with van der Waals surface area (Å²) in [6, 6.07) is 3.83. The highest BCUT2D eigenvalue weighted by atomic mass is 16.6. The molecule has 0 bridgehead atoms. The Morgan fingerprint density at radius 1 is 1.33 bits per heavy atom. The largest absolute Gasteiger partial charge is 0.487 e. The van der Waals surface area contributed by atoms with E-state index < -0.39 is 17.0 Å². The van der Waals surface area contributed by atoms with Crippen molar-refractivity contribution in [2.75, 3.05) is 19.7 Å². The Morgan fingerprint density at radius 3 is 2.58 bits per heavy atom. The Labute approximate surface area is 139 Å². The molecule has 1 aromatic carbocycles. The Balaban J connectivity index is 2.10. The van der Waals surface area contributed by atoms with E-state index in [-0.39, 0.29) is 29.5 Å². The first-order valence-electron chi connectivity index (χ1n) is 7.85. The number of hydrogen-bond acceptors (Lipinski definition) is 6. The van der Waals surface area contributed by atoms with E-state index in [1.807, 2.05) is 0 Å². The van der Waals surface area contributed by atoms with Crippen LogP contribution in [0.2, 0.25) is 0 Å². The standard InChI is InChI=1S/C16H20N2O6/c1-3-23-14-7-6-12(10-13(14)18(21)22)16(20)24-11(2)15(19)17-8-4-5-9-17/h6-7,10-11H,3-5,8-9H2,1-2H3/t11-/m0/s1. The lowest BCUT2D eigenvalue weighted by atomic mass is 10.2. The maximum absolute atomic E-state index is 12.2. The second-order valence-corrected chi connectivity index (χ2v) is 5.45. The SMILES string of the molecule is CCOc1ccc(C(=O)O[C@@H](C)C(=O)N2CCCC2)cc1[N+](=O)[O-]. The summed E-state index contributed by atoms with van der Waals surface area (Å²) in [5.41, 5.74) is -0.309. The molecular formula is C16H20N2O6. The van der Waals surface area contributed by atoms with E-state index in [0.717, 1.165) is 18.9 Å². The molecule has 0 aliphatic carbocycles. The summed E-state index contributed by atoms with van der Waals surface area (Å²) < 4.78 is 10.3. The van der Waals surface area contributed by atoms with Crippen molar-refractivity contribution in [3.05, 3.63) is 33.9 Å². The molecule has 1 amide bonds. The molecule has 1 atom stereocenters. The molecule has 1 fully saturated rings. The number of nitrogens with zero attached hydrogens (tertiary/aromatic N) is 2. The summed E-state index contributed by atoms with van der Waals surface area (Å²) >= 11 is 0. The van der Waals surface area contributed by atoms with Crippen molar-refractivity contribution in [1.82, 2.24) is 4.90 Å². The molecule has 130 valence electrons. The molecule has 0 N–H and O–H groups in total. The molecule has 0 spiro atoms. The number of carbonyl (C=O) groups excluding carboxylic acids is 2. The van der Waals surface area contributed by atoms with E-state index in [1.165, 1.54) is 19.1 Å². The minimum absolute atomic E-state index is 0.00576. The van der Waals surface area contributed by atoms with Crippen LogP contribution in [0.4, 0.5) is 5.69 Å². The first-order chi connectivity index (χ1) is 11.4. The first-order valence-corrected chi connectivity index (χ1v) is 7.85. The van der Waals surface area contributed by atoms with Gasteiger partial charge in [0.05, 0.1) is 17.1 Å². The highest BCUT2D eigenvalue weighted by molar-refractivity contribution is 5.93. The van der Waals surface area contributed by atoms with Crippen molar-refractivity contribution in [2.45, 2.75) is 32.8 Å².